The molecule has 123 heavy (non-hydrogen) atoms. The van der Waals surface area contributed by atoms with Crippen LogP contribution in [0.4, 0.5) is 39.5 Å². The van der Waals surface area contributed by atoms with Gasteiger partial charge in [0.2, 0.25) is 0 Å². The van der Waals surface area contributed by atoms with Gasteiger partial charge in [0.1, 0.15) is 18.6 Å². The smallest absolute Gasteiger partial charge is 0 e. The van der Waals surface area contributed by atoms with E-state index in [0.29, 0.717) is 35.7 Å². The molecule has 20 atom stereocenters. The van der Waals surface area contributed by atoms with Crippen LogP contribution in [0, 0.1) is 89.8 Å². The largest absolute Gasteiger partial charge is 0 e. The van der Waals surface area contributed by atoms with Crippen LogP contribution in [0.15, 0.2) is 116 Å². The van der Waals surface area contributed by atoms with E-state index in [0.717, 1.165) is 110 Å². The molecular formula is C96H131BrF9NO11OsW4. The number of alkyl halides is 10. The molecule has 0 bridgehead atoms. The second kappa shape index (κ2) is 46.2. The van der Waals surface area contributed by atoms with Crippen LogP contribution < -0.4 is 5.32 Å². The first-order valence-corrected chi connectivity index (χ1v) is 47.9. The summed E-state index contributed by atoms with van der Waals surface area (Å²) in [6.45, 7) is 19.0. The third-order valence-electron chi connectivity index (χ3n) is 30.7. The fourth-order valence-corrected chi connectivity index (χ4v) is 25.4. The molecule has 12 unspecified atom stereocenters. The zero-order chi connectivity index (χ0) is 85.0. The topological polar surface area (TPSA) is 186 Å². The molecule has 0 aliphatic heterocycles. The first kappa shape index (κ1) is 111. The van der Waals surface area contributed by atoms with Gasteiger partial charge in [-0.05, 0) is 337 Å². The first-order chi connectivity index (χ1) is 55.2. The van der Waals surface area contributed by atoms with Crippen molar-refractivity contribution in [3.05, 3.63) is 183 Å². The van der Waals surface area contributed by atoms with Gasteiger partial charge in [0.15, 0.2) is 0 Å². The summed E-state index contributed by atoms with van der Waals surface area (Å²) in [6, 6.07) is 37.6. The minimum Gasteiger partial charge on any atom is 0 e. The molecule has 0 radical (unpaired) electrons. The number of ether oxygens (including phenoxy) is 3. The quantitative estimate of drug-likeness (QED) is 0.0323. The average Bonchev–Trinajstić information content (AvgIpc) is 1.66. The molecule has 0 amide bonds. The number of aliphatic hydroxyl groups excluding tert-OH is 2. The Labute approximate surface area is 793 Å². The normalized spacial score (nSPS) is 31.5. The number of nitrogens with one attached hydrogen (secondary N) is 1. The van der Waals surface area contributed by atoms with E-state index in [-0.39, 0.29) is 140 Å². The molecule has 0 spiro atoms. The maximum Gasteiger partial charge on any atom is 0 e. The average molecular weight is 2650 g/mol. The van der Waals surface area contributed by atoms with Crippen molar-refractivity contribution in [1.82, 2.24) is 5.32 Å². The van der Waals surface area contributed by atoms with Gasteiger partial charge in [0, 0.05) is 96.1 Å². The monoisotopic (exact) mass is 2650 g/mol. The van der Waals surface area contributed by atoms with E-state index in [1.165, 1.54) is 155 Å². The van der Waals surface area contributed by atoms with Crippen molar-refractivity contribution >= 4 is 22.2 Å². The predicted octanol–water partition coefficient (Wildman–Crippen LogP) is 23.7. The molecule has 8 saturated carbocycles. The van der Waals surface area contributed by atoms with Crippen molar-refractivity contribution in [3.8, 4) is 5.75 Å². The number of halogens is 10. The van der Waals surface area contributed by atoms with Gasteiger partial charge in [0.25, 0.3) is 0 Å². The Hall–Kier alpha value is -2.49. The molecule has 5 aromatic carbocycles. The van der Waals surface area contributed by atoms with Crippen molar-refractivity contribution in [2.24, 2.45) is 69.0 Å². The van der Waals surface area contributed by atoms with Crippen molar-refractivity contribution in [3.63, 3.8) is 0 Å². The summed E-state index contributed by atoms with van der Waals surface area (Å²) >= 11 is -2.70. The molecule has 0 heterocycles. The number of likely N-dealkylation sites (N-methyl/N-ethyl adjacent to an activating group) is 1. The number of phenols is 1. The number of rotatable bonds is 11. The minimum absolute atomic E-state index is 0. The van der Waals surface area contributed by atoms with Crippen LogP contribution >= 0.6 is 15.9 Å². The Morgan fingerprint density at radius 3 is 1.11 bits per heavy atom. The van der Waals surface area contributed by atoms with Gasteiger partial charge in [0.05, 0.1) is 37.6 Å². The molecule has 12 aliphatic rings. The van der Waals surface area contributed by atoms with Crippen molar-refractivity contribution in [2.75, 3.05) is 33.4 Å². The Kier molecular flexibility index (Phi) is 41.7. The molecule has 4 N–H and O–H groups in total. The predicted molar refractivity (Wildman–Crippen MR) is 444 cm³/mol. The second-order valence-corrected chi connectivity index (χ2v) is 40.0. The van der Waals surface area contributed by atoms with Gasteiger partial charge < -0.3 is 39.6 Å². The van der Waals surface area contributed by atoms with Crippen LogP contribution in [0.2, 0.25) is 0 Å². The fraction of sp³-hybridized carbons (Fsp3) is 0.656. The molecular weight excluding hydrogens is 2520 g/mol. The van der Waals surface area contributed by atoms with Crippen molar-refractivity contribution in [2.45, 2.75) is 295 Å². The Morgan fingerprint density at radius 2 is 0.789 bits per heavy atom. The van der Waals surface area contributed by atoms with E-state index in [1.807, 2.05) is 36.4 Å². The van der Waals surface area contributed by atoms with E-state index in [1.54, 1.807) is 33.4 Å². The van der Waals surface area contributed by atoms with E-state index in [4.69, 9.17) is 23.6 Å². The summed E-state index contributed by atoms with van der Waals surface area (Å²) < 4.78 is 160. The number of phenolic OH excluding ortho intramolecular Hbond substituents is 1. The zero-order valence-corrected chi connectivity index (χ0v) is 86.7. The van der Waals surface area contributed by atoms with Crippen LogP contribution in [0.3, 0.4) is 0 Å². The van der Waals surface area contributed by atoms with Crippen LogP contribution in [0.25, 0.3) is 0 Å². The standard InChI is InChI=1S/C22H30O.C21H28O2.C19H26O.C18H24O2.C7H7Br.C7H8F9NO.2CH4.4O.Os.4W/c1-4-13-23-21-10-9-20-19-8-6-16-14-15(2)5-7-17(16)18(19)11-12-22(20,21)3;1-14-3-5-16-15(13-14)4-6-18-17(16)9-10-21(2)19(18)7-8-20(21)23-12-11-22;1-12-3-5-14-13(11-12)4-6-16-15(14)9-10-19(2)17(16)7-8-18(19)20;1-18-9-8-14-13-5-3-12(19)10-11(13)2-4-15(14)16(18)6-7-17(18)20;8-6-7-4-2-1-3-5-7;1-17-2-3-18-4(5(8,9)10,6(11,12)13)7(14,15)16;;;;;;;;;;;/h4-5,7,14,18-21H,1,6,8-13H2,2-3H3;3,5,11,13,17-20H,4,6-10,12H2,1-2H3;3,5,11,15-18,20H,4,6-10H2,1-2H3;3,5,10,14-17,19-20H,2,4,6-9H2,1H3;1-5H,6H2;17H,2-3H2,1H3;2*1H4;;;;;;;;;/t18?,19?,20?,21-,22-;17?,18?,19?,20-,21-;15?,16?,17?,18-,19-;14?,15?,16?,17-,18-;;;;;;;;;;;;;/m0000............./s1. The van der Waals surface area contributed by atoms with E-state index >= 15 is 0 Å². The number of aromatic hydroxyl groups is 1. The van der Waals surface area contributed by atoms with Crippen LogP contribution in [-0.4, -0.2) is 104 Å². The molecule has 5 aromatic rings. The summed E-state index contributed by atoms with van der Waals surface area (Å²) in [5.41, 5.74) is 13.0. The summed E-state index contributed by atoms with van der Waals surface area (Å²) in [5.74, 6) is 9.70. The molecule has 688 valence electrons. The van der Waals surface area contributed by atoms with Gasteiger partial charge in [-0.1, -0.05) is 172 Å². The summed E-state index contributed by atoms with van der Waals surface area (Å²) in [4.78, 5) is 10.7. The second-order valence-electron chi connectivity index (χ2n) is 36.9. The third kappa shape index (κ3) is 24.3. The van der Waals surface area contributed by atoms with Gasteiger partial charge in [-0.15, -0.1) is 6.58 Å². The van der Waals surface area contributed by atoms with Gasteiger partial charge in [-0.2, -0.15) is 39.5 Å². The Balaban J connectivity index is 0.000000261. The number of fused-ring (bicyclic) bond motifs is 20. The third-order valence-corrected chi connectivity index (χ3v) is 31.4. The molecule has 17 rings (SSSR count). The number of hydrogen-bond acceptors (Lipinski definition) is 12. The Bertz CT molecular complexity index is 4220. The Morgan fingerprint density at radius 1 is 0.472 bits per heavy atom. The van der Waals surface area contributed by atoms with Crippen LogP contribution in [0.1, 0.15) is 261 Å². The van der Waals surface area contributed by atoms with Crippen LogP contribution in [-0.2, 0) is 163 Å². The zero-order valence-electron chi connectivity index (χ0n) is 70.8. The summed E-state index contributed by atoms with van der Waals surface area (Å²) in [6.07, 6.45) is 13.1. The van der Waals surface area contributed by atoms with Crippen LogP contribution in [0.5, 0.6) is 5.75 Å². The summed E-state index contributed by atoms with van der Waals surface area (Å²) in [5, 5.41) is 33.5. The van der Waals surface area contributed by atoms with Crippen molar-refractivity contribution < 1.29 is 187 Å². The van der Waals surface area contributed by atoms with Gasteiger partial charge in [-0.25, -0.2) is 0 Å². The van der Waals surface area contributed by atoms with E-state index < -0.39 is 52.1 Å². The maximum atomic E-state index is 12.2. The first-order valence-electron chi connectivity index (χ1n) is 42.6. The van der Waals surface area contributed by atoms with Crippen molar-refractivity contribution in [1.29, 1.82) is 0 Å². The minimum atomic E-state index is -6.67. The SMILES string of the molecule is BrCc1ccccc1.C.C.C=CCO[C@H]1CCC2C3CCc4cc(C)ccc4C3CC[C@@]21C.CNCCOC(C(F)(F)F)(C(F)(F)F)C(F)(F)F.C[C@]12CCC3c4ccc(O)cc4CCC3C1CC[C@@H]2O.Cc1ccc2c(c1)CCC1C2CC[C@@]2(C)C1CC[C@@H]2O.Cc1ccc2c(c1)CCC1C2CC[C@@]2(C)C1CC[C@@H]2OCC=O.[O]=[Os](=[O])(=[O])=[O].[W].[W].[W].[W]. The molecule has 27 heteroatoms. The fourth-order valence-electron chi connectivity index (χ4n) is 25.0. The molecule has 8 fully saturated rings. The number of aliphatic hydroxyl groups is 2. The number of aldehydes is 1. The number of carbonyl (C=O) groups is 1. The molecule has 0 saturated heterocycles. The number of benzene rings is 5. The van der Waals surface area contributed by atoms with E-state index in [9.17, 15) is 59.6 Å². The van der Waals surface area contributed by atoms with E-state index in [2.05, 4.69) is 154 Å². The molecule has 0 aromatic heterocycles. The van der Waals surface area contributed by atoms with Gasteiger partial charge >= 0.3 is 53.1 Å². The number of aryl methyl sites for hydroxylation is 7. The molecule has 12 nitrogen and oxygen atoms in total. The van der Waals surface area contributed by atoms with Gasteiger partial charge in [-0.3, -0.25) is 0 Å². The molecule has 12 aliphatic carbocycles. The number of hydrogen-bond donors (Lipinski definition) is 4. The summed E-state index contributed by atoms with van der Waals surface area (Å²) in [7, 11) is 1.12. The maximum absolute atomic E-state index is 12.2. The number of carbonyl (C=O) groups excluding carboxylic acids is 1.